The van der Waals surface area contributed by atoms with Crippen LogP contribution in [0, 0.1) is 0 Å². The van der Waals surface area contributed by atoms with E-state index in [1.54, 1.807) is 4.90 Å². The predicted octanol–water partition coefficient (Wildman–Crippen LogP) is 3.48. The molecule has 4 heteroatoms. The third-order valence-electron chi connectivity index (χ3n) is 4.32. The van der Waals surface area contributed by atoms with E-state index in [1.807, 2.05) is 49.5 Å². The smallest absolute Gasteiger partial charge is 0.223 e. The third-order valence-corrected chi connectivity index (χ3v) is 4.32. The summed E-state index contributed by atoms with van der Waals surface area (Å²) in [6.45, 7) is 3.06. The Morgan fingerprint density at radius 2 is 1.79 bits per heavy atom. The Morgan fingerprint density at radius 1 is 1.12 bits per heavy atom. The number of fused-ring (bicyclic) bond motifs is 1. The molecule has 3 rings (SSSR count). The van der Waals surface area contributed by atoms with Crippen molar-refractivity contribution in [3.8, 4) is 11.5 Å². The van der Waals surface area contributed by atoms with Gasteiger partial charge in [-0.2, -0.15) is 0 Å². The molecule has 0 unspecified atom stereocenters. The molecule has 24 heavy (non-hydrogen) atoms. The monoisotopic (exact) mass is 325 g/mol. The van der Waals surface area contributed by atoms with E-state index >= 15 is 0 Å². The molecule has 1 heterocycles. The second-order valence-electron chi connectivity index (χ2n) is 6.29. The maximum atomic E-state index is 12.5. The van der Waals surface area contributed by atoms with Crippen molar-refractivity contribution in [1.82, 2.24) is 4.90 Å². The fourth-order valence-electron chi connectivity index (χ4n) is 2.88. The second-order valence-corrected chi connectivity index (χ2v) is 6.29. The summed E-state index contributed by atoms with van der Waals surface area (Å²) in [5.41, 5.74) is 1.19. The lowest BCUT2D eigenvalue weighted by molar-refractivity contribution is -0.131. The number of carbonyl (C=O) groups excluding carboxylic acids is 1. The van der Waals surface area contributed by atoms with E-state index in [2.05, 4.69) is 19.1 Å². The Morgan fingerprint density at radius 3 is 2.54 bits per heavy atom. The Hall–Kier alpha value is -2.49. The quantitative estimate of drug-likeness (QED) is 0.845. The summed E-state index contributed by atoms with van der Waals surface area (Å²) < 4.78 is 11.6. The van der Waals surface area contributed by atoms with E-state index in [-0.39, 0.29) is 17.9 Å². The fourth-order valence-corrected chi connectivity index (χ4v) is 2.88. The van der Waals surface area contributed by atoms with E-state index < -0.39 is 0 Å². The number of para-hydroxylation sites is 2. The lowest BCUT2D eigenvalue weighted by Crippen LogP contribution is -2.42. The molecule has 2 atom stereocenters. The van der Waals surface area contributed by atoms with E-state index in [0.29, 0.717) is 19.6 Å². The summed E-state index contributed by atoms with van der Waals surface area (Å²) in [7, 11) is 1.82. The maximum Gasteiger partial charge on any atom is 0.223 e. The highest BCUT2D eigenvalue weighted by Gasteiger charge is 2.24. The third kappa shape index (κ3) is 3.88. The number of hydrogen-bond acceptors (Lipinski definition) is 3. The highest BCUT2D eigenvalue weighted by molar-refractivity contribution is 5.76. The first-order valence-electron chi connectivity index (χ1n) is 8.31. The number of benzene rings is 2. The van der Waals surface area contributed by atoms with Crippen molar-refractivity contribution < 1.29 is 14.3 Å². The van der Waals surface area contributed by atoms with Gasteiger partial charge in [0.25, 0.3) is 0 Å². The van der Waals surface area contributed by atoms with Crippen LogP contribution in [0.2, 0.25) is 0 Å². The lowest BCUT2D eigenvalue weighted by Gasteiger charge is -2.30. The van der Waals surface area contributed by atoms with E-state index in [9.17, 15) is 4.79 Å². The molecular weight excluding hydrogens is 302 g/mol. The molecule has 0 spiro atoms. The molecule has 1 aliphatic rings. The summed E-state index contributed by atoms with van der Waals surface area (Å²) in [4.78, 5) is 14.2. The lowest BCUT2D eigenvalue weighted by atomic mass is 9.97. The van der Waals surface area contributed by atoms with Crippen LogP contribution < -0.4 is 9.47 Å². The zero-order valence-electron chi connectivity index (χ0n) is 14.1. The molecule has 2 aromatic carbocycles. The van der Waals surface area contributed by atoms with Gasteiger partial charge < -0.3 is 14.4 Å². The van der Waals surface area contributed by atoms with Crippen LogP contribution in [0.3, 0.4) is 0 Å². The van der Waals surface area contributed by atoms with Gasteiger partial charge in [0.1, 0.15) is 6.61 Å². The molecule has 1 aliphatic heterocycles. The van der Waals surface area contributed by atoms with Crippen LogP contribution in [-0.2, 0) is 4.79 Å². The van der Waals surface area contributed by atoms with Gasteiger partial charge in [-0.1, -0.05) is 49.4 Å². The van der Waals surface area contributed by atoms with Crippen LogP contribution in [-0.4, -0.2) is 37.1 Å². The first-order chi connectivity index (χ1) is 11.6. The topological polar surface area (TPSA) is 38.8 Å². The largest absolute Gasteiger partial charge is 0.486 e. The van der Waals surface area contributed by atoms with E-state index in [1.165, 1.54) is 5.56 Å². The van der Waals surface area contributed by atoms with Crippen molar-refractivity contribution in [2.24, 2.45) is 0 Å². The van der Waals surface area contributed by atoms with Gasteiger partial charge in [0.2, 0.25) is 5.91 Å². The van der Waals surface area contributed by atoms with Crippen LogP contribution in [0.15, 0.2) is 54.6 Å². The number of amides is 1. The Bertz CT molecular complexity index is 686. The number of carbonyl (C=O) groups is 1. The van der Waals surface area contributed by atoms with Crippen LogP contribution >= 0.6 is 0 Å². The van der Waals surface area contributed by atoms with Gasteiger partial charge >= 0.3 is 0 Å². The first-order valence-corrected chi connectivity index (χ1v) is 8.31. The number of likely N-dealkylation sites (N-methyl/N-ethyl adjacent to an activating group) is 1. The van der Waals surface area contributed by atoms with Crippen LogP contribution in [0.25, 0.3) is 0 Å². The normalized spacial score (nSPS) is 17.2. The number of ether oxygens (including phenoxy) is 2. The Kier molecular flexibility index (Phi) is 5.04. The molecule has 1 amide bonds. The Balaban J connectivity index is 1.53. The van der Waals surface area contributed by atoms with Gasteiger partial charge in [-0.3, -0.25) is 4.79 Å². The highest BCUT2D eigenvalue weighted by atomic mass is 16.6. The minimum absolute atomic E-state index is 0.119. The maximum absolute atomic E-state index is 12.5. The second kappa shape index (κ2) is 7.39. The molecular formula is C20H23NO3. The van der Waals surface area contributed by atoms with Gasteiger partial charge in [0.15, 0.2) is 17.6 Å². The highest BCUT2D eigenvalue weighted by Crippen LogP contribution is 2.31. The molecule has 0 aromatic heterocycles. The van der Waals surface area contributed by atoms with Gasteiger partial charge in [-0.05, 0) is 23.6 Å². The fraction of sp³-hybridized carbons (Fsp3) is 0.350. The van der Waals surface area contributed by atoms with Crippen LogP contribution in [0.4, 0.5) is 0 Å². The van der Waals surface area contributed by atoms with Crippen molar-refractivity contribution in [1.29, 1.82) is 0 Å². The summed E-state index contributed by atoms with van der Waals surface area (Å²) >= 11 is 0. The van der Waals surface area contributed by atoms with Crippen molar-refractivity contribution in [3.05, 3.63) is 60.2 Å². The van der Waals surface area contributed by atoms with Crippen LogP contribution in [0.5, 0.6) is 11.5 Å². The van der Waals surface area contributed by atoms with Crippen molar-refractivity contribution >= 4 is 5.91 Å². The molecule has 0 saturated heterocycles. The molecule has 126 valence electrons. The molecule has 0 aliphatic carbocycles. The number of rotatable bonds is 5. The van der Waals surface area contributed by atoms with Crippen molar-refractivity contribution in [2.45, 2.75) is 25.4 Å². The van der Waals surface area contributed by atoms with E-state index in [0.717, 1.165) is 11.5 Å². The first kappa shape index (κ1) is 16.4. The minimum Gasteiger partial charge on any atom is -0.486 e. The molecule has 4 nitrogen and oxygen atoms in total. The molecule has 0 bridgehead atoms. The standard InChI is InChI=1S/C20H23NO3/c1-15(16-8-4-3-5-9-16)12-20(22)21(2)13-17-14-23-18-10-6-7-11-19(18)24-17/h3-11,15,17H,12-14H2,1-2H3/t15-,17-/m0/s1. The van der Waals surface area contributed by atoms with Gasteiger partial charge in [0, 0.05) is 13.5 Å². The van der Waals surface area contributed by atoms with E-state index in [4.69, 9.17) is 9.47 Å². The average Bonchev–Trinajstić information content (AvgIpc) is 2.62. The zero-order chi connectivity index (χ0) is 16.9. The summed E-state index contributed by atoms with van der Waals surface area (Å²) in [5, 5.41) is 0. The molecule has 0 saturated carbocycles. The summed E-state index contributed by atoms with van der Waals surface area (Å²) in [5.74, 6) is 1.83. The molecule has 2 aromatic rings. The molecule has 0 radical (unpaired) electrons. The number of hydrogen-bond donors (Lipinski definition) is 0. The zero-order valence-corrected chi connectivity index (χ0v) is 14.1. The SMILES string of the molecule is C[C@@H](CC(=O)N(C)C[C@H]1COc2ccccc2O1)c1ccccc1. The van der Waals surface area contributed by atoms with Crippen molar-refractivity contribution in [2.75, 3.05) is 20.2 Å². The molecule has 0 fully saturated rings. The number of nitrogens with zero attached hydrogens (tertiary/aromatic N) is 1. The summed E-state index contributed by atoms with van der Waals surface area (Å²) in [6.07, 6.45) is 0.353. The summed E-state index contributed by atoms with van der Waals surface area (Å²) in [6, 6.07) is 17.7. The average molecular weight is 325 g/mol. The van der Waals surface area contributed by atoms with Gasteiger partial charge in [0.05, 0.1) is 6.54 Å². The molecule has 0 N–H and O–H groups in total. The Labute approximate surface area is 143 Å². The van der Waals surface area contributed by atoms with Gasteiger partial charge in [-0.15, -0.1) is 0 Å². The minimum atomic E-state index is -0.138. The van der Waals surface area contributed by atoms with Gasteiger partial charge in [-0.25, -0.2) is 0 Å². The van der Waals surface area contributed by atoms with Crippen LogP contribution in [0.1, 0.15) is 24.8 Å². The predicted molar refractivity (Wildman–Crippen MR) is 93.5 cm³/mol. The van der Waals surface area contributed by atoms with Crippen molar-refractivity contribution in [3.63, 3.8) is 0 Å².